The first-order valence-electron chi connectivity index (χ1n) is 6.17. The van der Waals surface area contributed by atoms with E-state index in [1.165, 1.54) is 6.42 Å². The summed E-state index contributed by atoms with van der Waals surface area (Å²) in [6.07, 6.45) is 4.54. The molecule has 1 aliphatic rings. The summed E-state index contributed by atoms with van der Waals surface area (Å²) in [5.41, 5.74) is 2.34. The molecule has 0 aliphatic heterocycles. The van der Waals surface area contributed by atoms with Gasteiger partial charge in [-0.2, -0.15) is 0 Å². The zero-order valence-corrected chi connectivity index (χ0v) is 10.4. The number of aromatic nitrogens is 1. The largest absolute Gasteiger partial charge is 0.367 e. The second-order valence-electron chi connectivity index (χ2n) is 4.85. The summed E-state index contributed by atoms with van der Waals surface area (Å²) < 4.78 is 26.7. The van der Waals surface area contributed by atoms with Gasteiger partial charge >= 0.3 is 0 Å². The molecular weight excluding hydrogens is 238 g/mol. The van der Waals surface area contributed by atoms with Crippen LogP contribution in [0.3, 0.4) is 0 Å². The molecule has 0 amide bonds. The van der Waals surface area contributed by atoms with Crippen molar-refractivity contribution in [3.05, 3.63) is 17.7 Å². The highest BCUT2D eigenvalue weighted by atomic mass is 19.1. The minimum absolute atomic E-state index is 0.0454. The third kappa shape index (κ3) is 2.38. The maximum Gasteiger partial charge on any atom is 0.178 e. The molecule has 6 heteroatoms. The van der Waals surface area contributed by atoms with Crippen molar-refractivity contribution < 1.29 is 8.78 Å². The number of pyridine rings is 1. The van der Waals surface area contributed by atoms with Gasteiger partial charge in [0.25, 0.3) is 0 Å². The van der Waals surface area contributed by atoms with Crippen LogP contribution in [0.4, 0.5) is 20.4 Å². The Labute approximate surface area is 105 Å². The summed E-state index contributed by atoms with van der Waals surface area (Å²) in [4.78, 5) is 3.79. The van der Waals surface area contributed by atoms with Gasteiger partial charge in [0.05, 0.1) is 0 Å². The van der Waals surface area contributed by atoms with Crippen LogP contribution in [0.5, 0.6) is 0 Å². The Morgan fingerprint density at radius 3 is 2.50 bits per heavy atom. The molecule has 0 radical (unpaired) electrons. The molecule has 0 saturated heterocycles. The molecule has 1 aromatic heterocycles. The molecule has 100 valence electrons. The zero-order chi connectivity index (χ0) is 13.2. The van der Waals surface area contributed by atoms with Crippen LogP contribution >= 0.6 is 0 Å². The van der Waals surface area contributed by atoms with Gasteiger partial charge in [0.1, 0.15) is 0 Å². The Hall–Kier alpha value is -1.43. The van der Waals surface area contributed by atoms with Crippen LogP contribution in [0.25, 0.3) is 0 Å². The first kappa shape index (κ1) is 13.0. The van der Waals surface area contributed by atoms with E-state index < -0.39 is 11.6 Å². The molecule has 0 bridgehead atoms. The summed E-state index contributed by atoms with van der Waals surface area (Å²) in [5.74, 6) is 3.51. The first-order chi connectivity index (χ1) is 8.60. The number of nitrogens with zero attached hydrogens (tertiary/aromatic N) is 1. The Morgan fingerprint density at radius 1 is 1.33 bits per heavy atom. The van der Waals surface area contributed by atoms with Crippen molar-refractivity contribution in [2.75, 3.05) is 17.3 Å². The lowest BCUT2D eigenvalue weighted by Gasteiger charge is -2.41. The highest BCUT2D eigenvalue weighted by molar-refractivity contribution is 5.47. The summed E-state index contributed by atoms with van der Waals surface area (Å²) in [5, 5.41) is 2.96. The lowest BCUT2D eigenvalue weighted by molar-refractivity contribution is 0.144. The van der Waals surface area contributed by atoms with Crippen molar-refractivity contribution in [2.24, 2.45) is 11.3 Å². The fraction of sp³-hybridized carbons (Fsp3) is 0.583. The summed E-state index contributed by atoms with van der Waals surface area (Å²) in [6, 6.07) is 0.782. The van der Waals surface area contributed by atoms with Crippen molar-refractivity contribution in [3.63, 3.8) is 0 Å². The number of nitrogens with two attached hydrogens (primary N) is 1. The van der Waals surface area contributed by atoms with E-state index in [0.717, 1.165) is 25.3 Å². The molecule has 1 heterocycles. The predicted molar refractivity (Wildman–Crippen MR) is 67.0 cm³/mol. The number of rotatable bonds is 5. The second kappa shape index (κ2) is 5.06. The van der Waals surface area contributed by atoms with Crippen LogP contribution < -0.4 is 16.6 Å². The minimum atomic E-state index is -0.797. The zero-order valence-electron chi connectivity index (χ0n) is 10.4. The van der Waals surface area contributed by atoms with Gasteiger partial charge in [-0.15, -0.1) is 0 Å². The topological polar surface area (TPSA) is 63.0 Å². The maximum absolute atomic E-state index is 13.5. The predicted octanol–water partition coefficient (Wildman–Crippen LogP) is 2.64. The van der Waals surface area contributed by atoms with Gasteiger partial charge in [-0.1, -0.05) is 13.3 Å². The van der Waals surface area contributed by atoms with Gasteiger partial charge in [-0.05, 0) is 24.7 Å². The molecule has 1 saturated carbocycles. The van der Waals surface area contributed by atoms with Gasteiger partial charge in [0, 0.05) is 12.6 Å². The number of nitrogen functional groups attached to an aromatic ring is 1. The molecule has 1 fully saturated rings. The number of halogens is 2. The minimum Gasteiger partial charge on any atom is -0.367 e. The van der Waals surface area contributed by atoms with Crippen molar-refractivity contribution >= 4 is 11.6 Å². The normalized spacial score (nSPS) is 17.1. The highest BCUT2D eigenvalue weighted by Gasteiger charge is 2.35. The van der Waals surface area contributed by atoms with E-state index in [9.17, 15) is 8.78 Å². The molecule has 0 spiro atoms. The fourth-order valence-corrected chi connectivity index (χ4v) is 2.30. The lowest BCUT2D eigenvalue weighted by atomic mass is 9.67. The van der Waals surface area contributed by atoms with E-state index in [0.29, 0.717) is 6.54 Å². The van der Waals surface area contributed by atoms with Crippen LogP contribution in [0.2, 0.25) is 0 Å². The van der Waals surface area contributed by atoms with E-state index in [1.54, 1.807) is 0 Å². The molecule has 18 heavy (non-hydrogen) atoms. The highest BCUT2D eigenvalue weighted by Crippen LogP contribution is 2.43. The molecule has 4 N–H and O–H groups in total. The number of hydrogen-bond acceptors (Lipinski definition) is 4. The van der Waals surface area contributed by atoms with Gasteiger partial charge in [0.2, 0.25) is 0 Å². The summed E-state index contributed by atoms with van der Waals surface area (Å²) >= 11 is 0. The van der Waals surface area contributed by atoms with Gasteiger partial charge in [-0.25, -0.2) is 19.6 Å². The van der Waals surface area contributed by atoms with E-state index >= 15 is 0 Å². The lowest BCUT2D eigenvalue weighted by Crippen LogP contribution is -2.36. The van der Waals surface area contributed by atoms with Crippen LogP contribution in [-0.2, 0) is 0 Å². The molecule has 1 aromatic rings. The average molecular weight is 256 g/mol. The molecule has 1 aliphatic carbocycles. The van der Waals surface area contributed by atoms with Crippen molar-refractivity contribution in [3.8, 4) is 0 Å². The third-order valence-electron chi connectivity index (χ3n) is 3.86. The smallest absolute Gasteiger partial charge is 0.178 e. The quantitative estimate of drug-likeness (QED) is 0.560. The summed E-state index contributed by atoms with van der Waals surface area (Å²) in [7, 11) is 0. The summed E-state index contributed by atoms with van der Waals surface area (Å²) in [6.45, 7) is 2.78. The van der Waals surface area contributed by atoms with E-state index in [-0.39, 0.29) is 17.1 Å². The molecule has 4 nitrogen and oxygen atoms in total. The average Bonchev–Trinajstić information content (AvgIpc) is 2.30. The first-order valence-corrected chi connectivity index (χ1v) is 6.17. The van der Waals surface area contributed by atoms with Crippen molar-refractivity contribution in [1.29, 1.82) is 0 Å². The monoisotopic (exact) mass is 256 g/mol. The fourth-order valence-electron chi connectivity index (χ4n) is 2.30. The molecule has 0 aromatic carbocycles. The maximum atomic E-state index is 13.5. The molecule has 0 atom stereocenters. The number of hydrogen-bond donors (Lipinski definition) is 3. The van der Waals surface area contributed by atoms with E-state index in [2.05, 4.69) is 22.7 Å². The van der Waals surface area contributed by atoms with E-state index in [4.69, 9.17) is 5.84 Å². The Morgan fingerprint density at radius 2 is 2.00 bits per heavy atom. The van der Waals surface area contributed by atoms with E-state index in [1.807, 2.05) is 0 Å². The van der Waals surface area contributed by atoms with Crippen LogP contribution in [-0.4, -0.2) is 11.5 Å². The SMILES string of the molecule is CCC1(CNc2nc(NN)c(F)cc2F)CCC1. The Balaban J connectivity index is 2.09. The van der Waals surface area contributed by atoms with Gasteiger partial charge in [0.15, 0.2) is 23.3 Å². The van der Waals surface area contributed by atoms with Gasteiger partial charge in [-0.3, -0.25) is 0 Å². The van der Waals surface area contributed by atoms with Crippen LogP contribution in [0.1, 0.15) is 32.6 Å². The molecule has 0 unspecified atom stereocenters. The second-order valence-corrected chi connectivity index (χ2v) is 4.85. The number of anilines is 2. The van der Waals surface area contributed by atoms with Crippen LogP contribution in [0, 0.1) is 17.0 Å². The molecule has 2 rings (SSSR count). The third-order valence-corrected chi connectivity index (χ3v) is 3.86. The van der Waals surface area contributed by atoms with Crippen molar-refractivity contribution in [2.45, 2.75) is 32.6 Å². The number of nitrogens with one attached hydrogen (secondary N) is 2. The Kier molecular flexibility index (Phi) is 3.65. The van der Waals surface area contributed by atoms with Crippen LogP contribution in [0.15, 0.2) is 6.07 Å². The van der Waals surface area contributed by atoms with Gasteiger partial charge < -0.3 is 10.7 Å². The molecular formula is C12H18F2N4. The van der Waals surface area contributed by atoms with Crippen molar-refractivity contribution in [1.82, 2.24) is 4.98 Å². The Bertz CT molecular complexity index is 427. The number of hydrazine groups is 1. The standard InChI is InChI=1S/C12H18F2N4/c1-2-12(4-3-5-12)7-16-10-8(13)6-9(14)11(17-10)18-15/h6H,2-5,7,15H2,1H3,(H2,16,17,18).